The third kappa shape index (κ3) is 2.97. The third-order valence-corrected chi connectivity index (χ3v) is 2.13. The first-order valence-electron chi connectivity index (χ1n) is 4.82. The number of nitrogens with one attached hydrogen (secondary N) is 2. The lowest BCUT2D eigenvalue weighted by Crippen LogP contribution is -2.38. The molecule has 0 saturated carbocycles. The Morgan fingerprint density at radius 2 is 2.20 bits per heavy atom. The van der Waals surface area contributed by atoms with E-state index in [0.717, 1.165) is 0 Å². The molecule has 1 unspecified atom stereocenters. The highest BCUT2D eigenvalue weighted by Gasteiger charge is 2.15. The minimum atomic E-state index is -0.466. The summed E-state index contributed by atoms with van der Waals surface area (Å²) < 4.78 is 0. The Morgan fingerprint density at radius 1 is 1.53 bits per heavy atom. The largest absolute Gasteiger partial charge is 0.364 e. The van der Waals surface area contributed by atoms with E-state index in [-0.39, 0.29) is 11.7 Å². The Kier molecular flexibility index (Phi) is 3.71. The highest BCUT2D eigenvalue weighted by atomic mass is 16.2. The molecule has 1 aromatic rings. The van der Waals surface area contributed by atoms with Crippen molar-refractivity contribution in [1.29, 1.82) is 0 Å². The van der Waals surface area contributed by atoms with Gasteiger partial charge in [0.05, 0.1) is 6.04 Å². The molecular formula is C10H13BN2O2. The maximum absolute atomic E-state index is 11.5. The van der Waals surface area contributed by atoms with Crippen LogP contribution in [0.25, 0.3) is 0 Å². The van der Waals surface area contributed by atoms with E-state index in [9.17, 15) is 9.59 Å². The molecule has 1 amide bonds. The Labute approximate surface area is 89.9 Å². The van der Waals surface area contributed by atoms with Crippen molar-refractivity contribution < 1.29 is 9.59 Å². The van der Waals surface area contributed by atoms with E-state index < -0.39 is 6.04 Å². The van der Waals surface area contributed by atoms with Crippen LogP contribution in [-0.4, -0.2) is 30.6 Å². The quantitative estimate of drug-likeness (QED) is 0.673. The van der Waals surface area contributed by atoms with Crippen LogP contribution in [0.5, 0.6) is 0 Å². The summed E-state index contributed by atoms with van der Waals surface area (Å²) in [6.07, 6.45) is 0.411. The van der Waals surface area contributed by atoms with Gasteiger partial charge in [-0.25, -0.2) is 0 Å². The lowest BCUT2D eigenvalue weighted by atomic mass is 10.1. The molecule has 15 heavy (non-hydrogen) atoms. The zero-order valence-electron chi connectivity index (χ0n) is 8.83. The Bertz CT molecular complexity index is 373. The molecule has 0 bridgehead atoms. The van der Waals surface area contributed by atoms with Crippen LogP contribution in [0.1, 0.15) is 30.8 Å². The second-order valence-corrected chi connectivity index (χ2v) is 3.34. The van der Waals surface area contributed by atoms with Crippen molar-refractivity contribution in [1.82, 2.24) is 10.3 Å². The minimum absolute atomic E-state index is 0.00266. The molecule has 0 spiro atoms. The van der Waals surface area contributed by atoms with Gasteiger partial charge in [0.15, 0.2) is 5.78 Å². The molecule has 2 N–H and O–H groups in total. The SMILES string of the molecule is [B]c1ccc(C(=O)NC(C)C(=O)CC)[nH]1. The number of carbonyl (C=O) groups excluding carboxylic acids is 2. The van der Waals surface area contributed by atoms with E-state index >= 15 is 0 Å². The van der Waals surface area contributed by atoms with Crippen LogP contribution in [0.3, 0.4) is 0 Å². The molecule has 1 aromatic heterocycles. The van der Waals surface area contributed by atoms with Gasteiger partial charge in [-0.05, 0) is 18.6 Å². The molecule has 78 valence electrons. The summed E-state index contributed by atoms with van der Waals surface area (Å²) in [5.74, 6) is -0.316. The maximum atomic E-state index is 11.5. The van der Waals surface area contributed by atoms with Gasteiger partial charge in [-0.2, -0.15) is 0 Å². The van der Waals surface area contributed by atoms with E-state index in [0.29, 0.717) is 17.7 Å². The molecule has 1 rings (SSSR count). The molecule has 4 nitrogen and oxygen atoms in total. The number of rotatable bonds is 4. The van der Waals surface area contributed by atoms with Gasteiger partial charge in [0.25, 0.3) is 5.91 Å². The van der Waals surface area contributed by atoms with Crippen molar-refractivity contribution >= 4 is 25.1 Å². The summed E-state index contributed by atoms with van der Waals surface area (Å²) in [6.45, 7) is 3.42. The van der Waals surface area contributed by atoms with Crippen LogP contribution in [-0.2, 0) is 4.79 Å². The fourth-order valence-electron chi connectivity index (χ4n) is 1.21. The van der Waals surface area contributed by atoms with Crippen LogP contribution >= 0.6 is 0 Å². The first-order chi connectivity index (χ1) is 7.04. The van der Waals surface area contributed by atoms with Crippen molar-refractivity contribution in [3.8, 4) is 0 Å². The molecule has 2 radical (unpaired) electrons. The van der Waals surface area contributed by atoms with Crippen LogP contribution < -0.4 is 10.9 Å². The van der Waals surface area contributed by atoms with Gasteiger partial charge in [-0.3, -0.25) is 9.59 Å². The average molecular weight is 204 g/mol. The average Bonchev–Trinajstić information content (AvgIpc) is 2.63. The molecule has 5 heteroatoms. The summed E-state index contributed by atoms with van der Waals surface area (Å²) >= 11 is 0. The molecule has 0 aliphatic carbocycles. The highest BCUT2D eigenvalue weighted by Crippen LogP contribution is 1.95. The highest BCUT2D eigenvalue weighted by molar-refractivity contribution is 6.31. The van der Waals surface area contributed by atoms with Crippen molar-refractivity contribution in [2.24, 2.45) is 0 Å². The van der Waals surface area contributed by atoms with E-state index in [1.165, 1.54) is 0 Å². The van der Waals surface area contributed by atoms with E-state index in [2.05, 4.69) is 10.3 Å². The van der Waals surface area contributed by atoms with E-state index in [1.54, 1.807) is 26.0 Å². The van der Waals surface area contributed by atoms with E-state index in [4.69, 9.17) is 7.85 Å². The van der Waals surface area contributed by atoms with Gasteiger partial charge in [0.2, 0.25) is 0 Å². The molecule has 1 atom stereocenters. The summed E-state index contributed by atoms with van der Waals surface area (Å²) in [4.78, 5) is 25.5. The van der Waals surface area contributed by atoms with Gasteiger partial charge in [0.1, 0.15) is 13.5 Å². The molecule has 0 saturated heterocycles. The first kappa shape index (κ1) is 11.6. The van der Waals surface area contributed by atoms with Gasteiger partial charge >= 0.3 is 0 Å². The second-order valence-electron chi connectivity index (χ2n) is 3.34. The lowest BCUT2D eigenvalue weighted by molar-refractivity contribution is -0.120. The topological polar surface area (TPSA) is 62.0 Å². The summed E-state index contributed by atoms with van der Waals surface area (Å²) in [5.41, 5.74) is 0.790. The first-order valence-corrected chi connectivity index (χ1v) is 4.82. The van der Waals surface area contributed by atoms with Gasteiger partial charge in [-0.15, -0.1) is 0 Å². The molecular weight excluding hydrogens is 191 g/mol. The molecule has 0 aromatic carbocycles. The van der Waals surface area contributed by atoms with Crippen molar-refractivity contribution in [2.45, 2.75) is 26.3 Å². The number of aromatic nitrogens is 1. The van der Waals surface area contributed by atoms with Gasteiger partial charge in [0, 0.05) is 6.42 Å². The zero-order chi connectivity index (χ0) is 11.4. The third-order valence-electron chi connectivity index (χ3n) is 2.13. The number of Topliss-reactive ketones (excluding diaryl/α,β-unsaturated/α-hetero) is 1. The van der Waals surface area contributed by atoms with Crippen LogP contribution in [0.2, 0.25) is 0 Å². The maximum Gasteiger partial charge on any atom is 0.268 e. The van der Waals surface area contributed by atoms with Crippen molar-refractivity contribution in [2.75, 3.05) is 0 Å². The van der Waals surface area contributed by atoms with Crippen LogP contribution in [0.15, 0.2) is 12.1 Å². The summed E-state index contributed by atoms with van der Waals surface area (Å²) in [6, 6.07) is 2.71. The number of ketones is 1. The van der Waals surface area contributed by atoms with Crippen LogP contribution in [0, 0.1) is 0 Å². The predicted octanol–water partition coefficient (Wildman–Crippen LogP) is -0.0941. The standard InChI is InChI=1S/C10H13BN2O2/c1-3-8(14)6(2)12-10(15)7-4-5-9(11)13-7/h4-6,13H,3H2,1-2H3,(H,12,15). The number of hydrogen-bond acceptors (Lipinski definition) is 2. The van der Waals surface area contributed by atoms with E-state index in [1.807, 2.05) is 0 Å². The second kappa shape index (κ2) is 4.82. The molecule has 0 aliphatic rings. The number of aromatic amines is 1. The number of carbonyl (C=O) groups is 2. The zero-order valence-corrected chi connectivity index (χ0v) is 8.83. The Hall–Kier alpha value is -1.52. The summed E-state index contributed by atoms with van der Waals surface area (Å²) in [5, 5.41) is 2.58. The fourth-order valence-corrected chi connectivity index (χ4v) is 1.21. The van der Waals surface area contributed by atoms with Crippen LogP contribution in [0.4, 0.5) is 0 Å². The Morgan fingerprint density at radius 3 is 2.67 bits per heavy atom. The van der Waals surface area contributed by atoms with Gasteiger partial charge < -0.3 is 10.3 Å². The minimum Gasteiger partial charge on any atom is -0.364 e. The lowest BCUT2D eigenvalue weighted by Gasteiger charge is -2.10. The van der Waals surface area contributed by atoms with Crippen molar-refractivity contribution in [3.63, 3.8) is 0 Å². The monoisotopic (exact) mass is 204 g/mol. The van der Waals surface area contributed by atoms with Crippen molar-refractivity contribution in [3.05, 3.63) is 17.8 Å². The Balaban J connectivity index is 2.60. The van der Waals surface area contributed by atoms with Gasteiger partial charge in [-0.1, -0.05) is 13.0 Å². The number of hydrogen-bond donors (Lipinski definition) is 2. The molecule has 0 fully saturated rings. The molecule has 0 aliphatic heterocycles. The summed E-state index contributed by atoms with van der Waals surface area (Å²) in [7, 11) is 5.43. The normalized spacial score (nSPS) is 12.1. The smallest absolute Gasteiger partial charge is 0.268 e. The number of amides is 1. The number of H-pyrrole nitrogens is 1. The fraction of sp³-hybridized carbons (Fsp3) is 0.400. The molecule has 1 heterocycles. The predicted molar refractivity (Wildman–Crippen MR) is 58.4 cm³/mol.